The lowest BCUT2D eigenvalue weighted by Crippen LogP contribution is -2.29. The fraction of sp³-hybridized carbons (Fsp3) is 0.462. The maximum atomic E-state index is 14.1. The van der Waals surface area contributed by atoms with Crippen molar-refractivity contribution >= 4 is 51.1 Å². The number of allylic oxidation sites excluding steroid dienone is 1. The molecule has 0 radical (unpaired) electrons. The number of esters is 1. The van der Waals surface area contributed by atoms with Gasteiger partial charge >= 0.3 is 11.9 Å². The van der Waals surface area contributed by atoms with Crippen molar-refractivity contribution in [1.82, 2.24) is 25.3 Å². The Balaban J connectivity index is 1.89. The second kappa shape index (κ2) is 16.7. The van der Waals surface area contributed by atoms with Gasteiger partial charge in [0.05, 0.1) is 62.6 Å². The third-order valence-corrected chi connectivity index (χ3v) is 10.2. The smallest absolute Gasteiger partial charge is 0.310 e. The molecule has 0 saturated heterocycles. The fourth-order valence-electron chi connectivity index (χ4n) is 7.15. The van der Waals surface area contributed by atoms with E-state index >= 15 is 0 Å². The van der Waals surface area contributed by atoms with Crippen molar-refractivity contribution in [3.05, 3.63) is 68.8 Å². The molecule has 2 unspecified atom stereocenters. The number of ether oxygens (including phenoxy) is 3. The van der Waals surface area contributed by atoms with Crippen molar-refractivity contribution in [1.29, 1.82) is 0 Å². The largest absolute Gasteiger partial charge is 0.481 e. The summed E-state index contributed by atoms with van der Waals surface area (Å²) in [6, 6.07) is 5.83. The van der Waals surface area contributed by atoms with Gasteiger partial charge in [0.15, 0.2) is 0 Å². The summed E-state index contributed by atoms with van der Waals surface area (Å²) in [6.45, 7) is 11.0. The molecule has 0 saturated carbocycles. The van der Waals surface area contributed by atoms with Gasteiger partial charge in [0, 0.05) is 70.8 Å². The maximum Gasteiger partial charge on any atom is 0.310 e. The molecule has 278 valence electrons. The molecule has 8 bridgehead atoms. The minimum absolute atomic E-state index is 0.126. The molecule has 5 heterocycles. The van der Waals surface area contributed by atoms with E-state index in [4.69, 9.17) is 24.2 Å². The molecule has 52 heavy (non-hydrogen) atoms. The van der Waals surface area contributed by atoms with Gasteiger partial charge in [-0.2, -0.15) is 0 Å². The molecule has 5 rings (SSSR count). The molecule has 3 aromatic rings. The van der Waals surface area contributed by atoms with E-state index in [9.17, 15) is 24.6 Å². The van der Waals surface area contributed by atoms with Gasteiger partial charge in [0.25, 0.3) is 5.91 Å². The second-order valence-electron chi connectivity index (χ2n) is 13.2. The number of methoxy groups -OCH3 is 2. The zero-order valence-electron chi connectivity index (χ0n) is 31.0. The number of hydrogen-bond donors (Lipinski definition) is 5. The molecule has 2 aliphatic rings. The lowest BCUT2D eigenvalue weighted by Gasteiger charge is -2.18. The van der Waals surface area contributed by atoms with Crippen LogP contribution in [0.2, 0.25) is 0 Å². The van der Waals surface area contributed by atoms with Crippen LogP contribution in [-0.4, -0.2) is 88.6 Å². The molecule has 0 aliphatic carbocycles. The molecule has 0 aromatic carbocycles. The lowest BCUT2D eigenvalue weighted by molar-refractivity contribution is -0.140. The van der Waals surface area contributed by atoms with Crippen molar-refractivity contribution in [2.75, 3.05) is 40.6 Å². The molecule has 1 amide bonds. The molecule has 2 aliphatic heterocycles. The number of rotatable bonds is 14. The number of H-pyrrole nitrogens is 2. The Bertz CT molecular complexity index is 2060. The number of aliphatic hydroxyl groups is 1. The van der Waals surface area contributed by atoms with Crippen LogP contribution in [0.25, 0.3) is 33.2 Å². The quantitative estimate of drug-likeness (QED) is 0.110. The van der Waals surface area contributed by atoms with E-state index in [1.54, 1.807) is 7.11 Å². The number of nitrogens with one attached hydrogen (secondary N) is 3. The summed E-state index contributed by atoms with van der Waals surface area (Å²) in [5, 5.41) is 23.1. The van der Waals surface area contributed by atoms with E-state index < -0.39 is 23.8 Å². The van der Waals surface area contributed by atoms with Crippen molar-refractivity contribution in [3.63, 3.8) is 0 Å². The van der Waals surface area contributed by atoms with Crippen LogP contribution in [0.4, 0.5) is 0 Å². The first kappa shape index (κ1) is 38.4. The molecular weight excluding hydrogens is 666 g/mol. The Kier molecular flexibility index (Phi) is 12.3. The van der Waals surface area contributed by atoms with Gasteiger partial charge in [-0.1, -0.05) is 13.8 Å². The number of hydrogen-bond acceptors (Lipinski definition) is 9. The molecule has 0 spiro atoms. The second-order valence-corrected chi connectivity index (χ2v) is 13.2. The van der Waals surface area contributed by atoms with Gasteiger partial charge in [0.2, 0.25) is 0 Å². The zero-order chi connectivity index (χ0) is 37.7. The van der Waals surface area contributed by atoms with Gasteiger partial charge in [-0.05, 0) is 74.1 Å². The minimum Gasteiger partial charge on any atom is -0.481 e. The maximum absolute atomic E-state index is 14.1. The van der Waals surface area contributed by atoms with Crippen LogP contribution < -0.4 is 5.32 Å². The van der Waals surface area contributed by atoms with E-state index in [1.165, 1.54) is 7.11 Å². The van der Waals surface area contributed by atoms with Gasteiger partial charge in [-0.3, -0.25) is 19.4 Å². The number of aromatic nitrogens is 4. The predicted octanol–water partition coefficient (Wildman–Crippen LogP) is 5.16. The molecule has 0 fully saturated rings. The molecule has 3 aromatic heterocycles. The van der Waals surface area contributed by atoms with Gasteiger partial charge in [-0.15, -0.1) is 0 Å². The summed E-state index contributed by atoms with van der Waals surface area (Å²) >= 11 is 0. The number of aromatic amines is 2. The summed E-state index contributed by atoms with van der Waals surface area (Å²) in [5.41, 5.74) is 10.2. The molecule has 13 heteroatoms. The number of aliphatic carboxylic acids is 1. The zero-order valence-corrected chi connectivity index (χ0v) is 31.0. The van der Waals surface area contributed by atoms with Crippen LogP contribution >= 0.6 is 0 Å². The highest BCUT2D eigenvalue weighted by Gasteiger charge is 2.35. The Morgan fingerprint density at radius 2 is 1.60 bits per heavy atom. The van der Waals surface area contributed by atoms with Crippen LogP contribution in [0, 0.1) is 13.8 Å². The van der Waals surface area contributed by atoms with Crippen molar-refractivity contribution in [2.24, 2.45) is 0 Å². The highest BCUT2D eigenvalue weighted by Crippen LogP contribution is 2.43. The van der Waals surface area contributed by atoms with Gasteiger partial charge in [0.1, 0.15) is 0 Å². The number of carbonyl (C=O) groups is 3. The van der Waals surface area contributed by atoms with Crippen LogP contribution in [0.1, 0.15) is 96.0 Å². The number of carboxylic acids is 1. The number of fused-ring (bicyclic) bond motifs is 8. The number of amides is 1. The monoisotopic (exact) mass is 715 g/mol. The number of carboxylic acid groups (broad SMARTS) is 1. The number of aryl methyl sites for hydroxylation is 3. The number of nitrogens with zero attached hydrogens (tertiary/aromatic N) is 2. The topological polar surface area (TPSA) is 189 Å². The summed E-state index contributed by atoms with van der Waals surface area (Å²) in [5.74, 6) is -2.56. The van der Waals surface area contributed by atoms with Crippen molar-refractivity contribution in [2.45, 2.75) is 78.7 Å². The lowest BCUT2D eigenvalue weighted by atomic mass is 9.84. The normalized spacial score (nSPS) is 15.6. The van der Waals surface area contributed by atoms with E-state index in [0.29, 0.717) is 52.7 Å². The third kappa shape index (κ3) is 7.81. The third-order valence-electron chi connectivity index (χ3n) is 10.2. The first-order valence-corrected chi connectivity index (χ1v) is 17.6. The van der Waals surface area contributed by atoms with E-state index in [1.807, 2.05) is 45.9 Å². The Hall–Kier alpha value is -4.85. The molecular formula is C39H49N5O8. The summed E-state index contributed by atoms with van der Waals surface area (Å²) in [7, 11) is 2.88. The Labute approximate surface area is 302 Å². The Morgan fingerprint density at radius 1 is 0.904 bits per heavy atom. The van der Waals surface area contributed by atoms with Crippen LogP contribution in [0.3, 0.4) is 0 Å². The summed E-state index contributed by atoms with van der Waals surface area (Å²) in [4.78, 5) is 56.3. The van der Waals surface area contributed by atoms with Gasteiger partial charge < -0.3 is 39.7 Å². The number of aliphatic hydroxyl groups excluding tert-OH is 1. The number of carbonyl (C=O) groups excluding carboxylic acids is 2. The molecule has 5 N–H and O–H groups in total. The highest BCUT2D eigenvalue weighted by atomic mass is 16.5. The predicted molar refractivity (Wildman–Crippen MR) is 198 cm³/mol. The van der Waals surface area contributed by atoms with Crippen LogP contribution in [-0.2, 0) is 48.0 Å². The van der Waals surface area contributed by atoms with Crippen molar-refractivity contribution in [3.8, 4) is 0 Å². The molecule has 13 nitrogen and oxygen atoms in total. The highest BCUT2D eigenvalue weighted by molar-refractivity contribution is 6.27. The summed E-state index contributed by atoms with van der Waals surface area (Å²) in [6.07, 6.45) is 0.597. The Morgan fingerprint density at radius 3 is 2.25 bits per heavy atom. The minimum atomic E-state index is -0.955. The van der Waals surface area contributed by atoms with Crippen LogP contribution in [0.5, 0.6) is 0 Å². The SMILES string of the molecule is CCc1c(C)c2cc3[nH]c(cc4nc(c(CC(=O)OC)c5nc(cc1[nH]2)C(C)=C5C(=O)NCCOCCOC)C(CCC(=O)O)C4C)c(C)c3CO. The summed E-state index contributed by atoms with van der Waals surface area (Å²) < 4.78 is 15.8. The average molecular weight is 716 g/mol. The van der Waals surface area contributed by atoms with Gasteiger partial charge in [-0.25, -0.2) is 4.98 Å². The van der Waals surface area contributed by atoms with Crippen molar-refractivity contribution < 1.29 is 38.8 Å². The first-order valence-electron chi connectivity index (χ1n) is 17.6. The fourth-order valence-corrected chi connectivity index (χ4v) is 7.15. The van der Waals surface area contributed by atoms with E-state index in [0.717, 1.165) is 50.7 Å². The average Bonchev–Trinajstić information content (AvgIpc) is 3.80. The van der Waals surface area contributed by atoms with E-state index in [2.05, 4.69) is 22.2 Å². The first-order chi connectivity index (χ1) is 24.9. The van der Waals surface area contributed by atoms with E-state index in [-0.39, 0.29) is 44.9 Å². The van der Waals surface area contributed by atoms with Crippen LogP contribution in [0.15, 0.2) is 18.2 Å². The standard InChI is InChI=1S/C39H49N5O8/c1-8-24-20(2)29-17-33-27(19-45)22(4)28(42-33)16-30-21(3)25(9-10-34(46)47)37(43-30)26(15-35(48)51-7)38-36(23(5)31(44-38)18-32(24)41-29)39(49)40-11-12-52-14-13-50-6/h16-18,21,25,41-42,45H,8-15,19H2,1-7H3,(H,40,49)(H,46,47). The molecule has 2 atom stereocenters.